The van der Waals surface area contributed by atoms with Crippen LogP contribution in [0.1, 0.15) is 38.0 Å². The molecular weight excluding hydrogens is 320 g/mol. The highest BCUT2D eigenvalue weighted by molar-refractivity contribution is 9.10. The third-order valence-electron chi connectivity index (χ3n) is 4.72. The summed E-state index contributed by atoms with van der Waals surface area (Å²) in [5.74, 6) is 0. The Kier molecular flexibility index (Phi) is 5.46. The van der Waals surface area contributed by atoms with Crippen LogP contribution in [-0.2, 0) is 6.42 Å². The van der Waals surface area contributed by atoms with Gasteiger partial charge >= 0.3 is 0 Å². The standard InChI is InChI=1S/C15H25BrN2S/c1-4-15(2,18-8-5-6-9-18)14(17-3)11-13-12(16)7-10-19-13/h7,10,14,17H,4-6,8-9,11H2,1-3H3. The quantitative estimate of drug-likeness (QED) is 0.841. The third kappa shape index (κ3) is 3.23. The summed E-state index contributed by atoms with van der Waals surface area (Å²) in [4.78, 5) is 4.15. The van der Waals surface area contributed by atoms with Crippen molar-refractivity contribution in [2.75, 3.05) is 20.1 Å². The number of hydrogen-bond donors (Lipinski definition) is 1. The van der Waals surface area contributed by atoms with Crippen molar-refractivity contribution in [2.24, 2.45) is 0 Å². The van der Waals surface area contributed by atoms with Crippen LogP contribution in [0.5, 0.6) is 0 Å². The van der Waals surface area contributed by atoms with E-state index in [0.717, 1.165) is 6.42 Å². The van der Waals surface area contributed by atoms with Gasteiger partial charge in [-0.1, -0.05) is 6.92 Å². The molecule has 2 rings (SSSR count). The van der Waals surface area contributed by atoms with Crippen molar-refractivity contribution in [1.82, 2.24) is 10.2 Å². The Bertz CT molecular complexity index is 401. The van der Waals surface area contributed by atoms with Crippen LogP contribution < -0.4 is 5.32 Å². The fraction of sp³-hybridized carbons (Fsp3) is 0.733. The van der Waals surface area contributed by atoms with Crippen LogP contribution in [0.4, 0.5) is 0 Å². The minimum Gasteiger partial charge on any atom is -0.315 e. The second-order valence-corrected chi connectivity index (χ2v) is 7.50. The van der Waals surface area contributed by atoms with Crippen LogP contribution in [0.3, 0.4) is 0 Å². The van der Waals surface area contributed by atoms with Gasteiger partial charge in [-0.15, -0.1) is 11.3 Å². The summed E-state index contributed by atoms with van der Waals surface area (Å²) in [6, 6.07) is 2.66. The zero-order chi connectivity index (χ0) is 13.9. The molecule has 0 spiro atoms. The molecule has 0 amide bonds. The van der Waals surface area contributed by atoms with Crippen LogP contribution in [0, 0.1) is 0 Å². The van der Waals surface area contributed by atoms with Gasteiger partial charge in [-0.3, -0.25) is 4.90 Å². The molecule has 2 atom stereocenters. The SMILES string of the molecule is CCC(C)(C(Cc1sccc1Br)NC)N1CCCC1. The maximum absolute atomic E-state index is 3.67. The maximum atomic E-state index is 3.67. The van der Waals surface area contributed by atoms with Gasteiger partial charge in [-0.25, -0.2) is 0 Å². The number of nitrogens with zero attached hydrogens (tertiary/aromatic N) is 1. The first-order valence-corrected chi connectivity index (χ1v) is 8.93. The molecule has 2 heterocycles. The lowest BCUT2D eigenvalue weighted by Gasteiger charge is -2.44. The Balaban J connectivity index is 2.15. The van der Waals surface area contributed by atoms with Gasteiger partial charge in [0.1, 0.15) is 0 Å². The predicted molar refractivity (Wildman–Crippen MR) is 88.1 cm³/mol. The molecule has 0 aromatic carbocycles. The van der Waals surface area contributed by atoms with E-state index in [1.54, 1.807) is 0 Å². The molecule has 1 aliphatic rings. The lowest BCUT2D eigenvalue weighted by molar-refractivity contribution is 0.0876. The molecule has 1 aromatic heterocycles. The fourth-order valence-corrected chi connectivity index (χ4v) is 4.77. The molecule has 19 heavy (non-hydrogen) atoms. The Morgan fingerprint density at radius 1 is 1.47 bits per heavy atom. The van der Waals surface area contributed by atoms with E-state index in [4.69, 9.17) is 0 Å². The fourth-order valence-electron chi connectivity index (χ4n) is 3.21. The largest absolute Gasteiger partial charge is 0.315 e. The van der Waals surface area contributed by atoms with Crippen molar-refractivity contribution in [2.45, 2.75) is 51.1 Å². The first-order chi connectivity index (χ1) is 9.11. The van der Waals surface area contributed by atoms with Crippen LogP contribution in [0.25, 0.3) is 0 Å². The lowest BCUT2D eigenvalue weighted by atomic mass is 9.85. The molecule has 1 aliphatic heterocycles. The number of nitrogens with one attached hydrogen (secondary N) is 1. The average molecular weight is 345 g/mol. The van der Waals surface area contributed by atoms with Crippen LogP contribution in [0.15, 0.2) is 15.9 Å². The lowest BCUT2D eigenvalue weighted by Crippen LogP contribution is -2.58. The van der Waals surface area contributed by atoms with Gasteiger partial charge in [0.2, 0.25) is 0 Å². The Hall–Kier alpha value is 0.1000. The van der Waals surface area contributed by atoms with Gasteiger partial charge in [0, 0.05) is 20.9 Å². The third-order valence-corrected chi connectivity index (χ3v) is 6.67. The van der Waals surface area contributed by atoms with Crippen molar-refractivity contribution in [3.05, 3.63) is 20.8 Å². The summed E-state index contributed by atoms with van der Waals surface area (Å²) in [5.41, 5.74) is 0.259. The summed E-state index contributed by atoms with van der Waals surface area (Å²) < 4.78 is 1.26. The maximum Gasteiger partial charge on any atom is 0.0335 e. The van der Waals surface area contributed by atoms with Gasteiger partial charge in [0.05, 0.1) is 0 Å². The van der Waals surface area contributed by atoms with E-state index in [1.165, 1.54) is 41.7 Å². The summed E-state index contributed by atoms with van der Waals surface area (Å²) in [6.07, 6.45) is 5.01. The molecule has 2 nitrogen and oxygen atoms in total. The molecular formula is C15H25BrN2S. The molecule has 1 N–H and O–H groups in total. The van der Waals surface area contributed by atoms with E-state index in [2.05, 4.69) is 58.5 Å². The van der Waals surface area contributed by atoms with Gasteiger partial charge in [-0.2, -0.15) is 0 Å². The molecule has 1 aromatic rings. The van der Waals surface area contributed by atoms with Crippen molar-refractivity contribution >= 4 is 27.3 Å². The normalized spacial score (nSPS) is 21.5. The Morgan fingerprint density at radius 2 is 2.16 bits per heavy atom. The molecule has 2 unspecified atom stereocenters. The zero-order valence-corrected chi connectivity index (χ0v) is 14.6. The number of thiophene rings is 1. The Morgan fingerprint density at radius 3 is 2.63 bits per heavy atom. The molecule has 0 radical (unpaired) electrons. The van der Waals surface area contributed by atoms with Crippen LogP contribution >= 0.6 is 27.3 Å². The molecule has 0 saturated carbocycles. The number of rotatable bonds is 6. The topological polar surface area (TPSA) is 15.3 Å². The number of hydrogen-bond acceptors (Lipinski definition) is 3. The minimum atomic E-state index is 0.259. The molecule has 1 saturated heterocycles. The summed E-state index contributed by atoms with van der Waals surface area (Å²) in [5, 5.41) is 5.75. The first-order valence-electron chi connectivity index (χ1n) is 7.26. The summed E-state index contributed by atoms with van der Waals surface area (Å²) in [6.45, 7) is 7.27. The molecule has 4 heteroatoms. The molecule has 108 valence electrons. The van der Waals surface area contributed by atoms with Gasteiger partial charge in [0.25, 0.3) is 0 Å². The molecule has 0 bridgehead atoms. The number of likely N-dealkylation sites (tertiary alicyclic amines) is 1. The summed E-state index contributed by atoms with van der Waals surface area (Å²) in [7, 11) is 2.11. The Labute approximate surface area is 129 Å². The van der Waals surface area contributed by atoms with Crippen LogP contribution in [0.2, 0.25) is 0 Å². The van der Waals surface area contributed by atoms with E-state index in [9.17, 15) is 0 Å². The zero-order valence-electron chi connectivity index (χ0n) is 12.2. The van der Waals surface area contributed by atoms with Gasteiger partial charge in [0.15, 0.2) is 0 Å². The predicted octanol–water partition coefficient (Wildman–Crippen LogP) is 3.91. The van der Waals surface area contributed by atoms with E-state index in [1.807, 2.05) is 11.3 Å². The smallest absolute Gasteiger partial charge is 0.0335 e. The van der Waals surface area contributed by atoms with Gasteiger partial charge in [-0.05, 0) is 80.1 Å². The van der Waals surface area contributed by atoms with E-state index < -0.39 is 0 Å². The van der Waals surface area contributed by atoms with E-state index in [0.29, 0.717) is 6.04 Å². The highest BCUT2D eigenvalue weighted by Crippen LogP contribution is 2.32. The molecule has 1 fully saturated rings. The highest BCUT2D eigenvalue weighted by atomic mass is 79.9. The van der Waals surface area contributed by atoms with Crippen molar-refractivity contribution < 1.29 is 0 Å². The van der Waals surface area contributed by atoms with Crippen molar-refractivity contribution in [3.63, 3.8) is 0 Å². The number of halogens is 1. The summed E-state index contributed by atoms with van der Waals surface area (Å²) >= 11 is 5.52. The monoisotopic (exact) mass is 344 g/mol. The average Bonchev–Trinajstić information content (AvgIpc) is 3.07. The minimum absolute atomic E-state index is 0.259. The second kappa shape index (κ2) is 6.70. The molecule has 0 aliphatic carbocycles. The first kappa shape index (κ1) is 15.5. The van der Waals surface area contributed by atoms with Crippen molar-refractivity contribution in [3.8, 4) is 0 Å². The number of likely N-dealkylation sites (N-methyl/N-ethyl adjacent to an activating group) is 1. The van der Waals surface area contributed by atoms with Crippen LogP contribution in [-0.4, -0.2) is 36.6 Å². The van der Waals surface area contributed by atoms with E-state index in [-0.39, 0.29) is 5.54 Å². The van der Waals surface area contributed by atoms with Gasteiger partial charge < -0.3 is 5.32 Å². The van der Waals surface area contributed by atoms with E-state index >= 15 is 0 Å². The van der Waals surface area contributed by atoms with Crippen molar-refractivity contribution in [1.29, 1.82) is 0 Å². The highest BCUT2D eigenvalue weighted by Gasteiger charge is 2.38. The second-order valence-electron chi connectivity index (χ2n) is 5.64.